The fraction of sp³-hybridized carbons (Fsp3) is 1.00. The van der Waals surface area contributed by atoms with Gasteiger partial charge in [0.15, 0.2) is 0 Å². The molecule has 0 saturated heterocycles. The van der Waals surface area contributed by atoms with Gasteiger partial charge in [0.05, 0.1) is 5.60 Å². The van der Waals surface area contributed by atoms with Crippen LogP contribution in [0.1, 0.15) is 52.9 Å². The summed E-state index contributed by atoms with van der Waals surface area (Å²) in [5.74, 6) is 0.882. The molecule has 0 spiro atoms. The number of nitrogens with one attached hydrogen (secondary N) is 1. The first kappa shape index (κ1) is 13.0. The molecule has 1 aliphatic rings. The van der Waals surface area contributed by atoms with Gasteiger partial charge in [0, 0.05) is 13.2 Å². The number of likely N-dealkylation sites (N-methyl/N-ethyl adjacent to an activating group) is 1. The van der Waals surface area contributed by atoms with Crippen molar-refractivity contribution in [1.82, 2.24) is 5.32 Å². The highest BCUT2D eigenvalue weighted by Crippen LogP contribution is 2.37. The van der Waals surface area contributed by atoms with E-state index in [9.17, 15) is 0 Å². The Bertz CT molecular complexity index is 173. The minimum absolute atomic E-state index is 0.108. The Balaban J connectivity index is 2.65. The standard InChI is InChI=1S/C13H27NO/c1-5-12(14-6-2)13(15-4)9-7-11(3)8-10-13/h11-12,14H,5-10H2,1-4H3. The van der Waals surface area contributed by atoms with E-state index in [-0.39, 0.29) is 5.60 Å². The van der Waals surface area contributed by atoms with Crippen LogP contribution >= 0.6 is 0 Å². The van der Waals surface area contributed by atoms with Crippen molar-refractivity contribution in [2.75, 3.05) is 13.7 Å². The van der Waals surface area contributed by atoms with Gasteiger partial charge in [-0.2, -0.15) is 0 Å². The van der Waals surface area contributed by atoms with Crippen LogP contribution in [0.25, 0.3) is 0 Å². The van der Waals surface area contributed by atoms with E-state index in [1.807, 2.05) is 7.11 Å². The van der Waals surface area contributed by atoms with Crippen molar-refractivity contribution in [3.63, 3.8) is 0 Å². The molecule has 0 aromatic heterocycles. The predicted molar refractivity (Wildman–Crippen MR) is 65.1 cm³/mol. The van der Waals surface area contributed by atoms with Gasteiger partial charge in [-0.3, -0.25) is 0 Å². The van der Waals surface area contributed by atoms with Crippen LogP contribution in [0.4, 0.5) is 0 Å². The molecule has 1 rings (SSSR count). The molecule has 1 N–H and O–H groups in total. The molecule has 0 aliphatic heterocycles. The van der Waals surface area contributed by atoms with E-state index in [4.69, 9.17) is 4.74 Å². The maximum atomic E-state index is 5.87. The first-order valence-corrected chi connectivity index (χ1v) is 6.47. The fourth-order valence-corrected chi connectivity index (χ4v) is 2.89. The fourth-order valence-electron chi connectivity index (χ4n) is 2.89. The number of methoxy groups -OCH3 is 1. The number of hydrogen-bond acceptors (Lipinski definition) is 2. The predicted octanol–water partition coefficient (Wildman–Crippen LogP) is 2.97. The maximum absolute atomic E-state index is 5.87. The van der Waals surface area contributed by atoms with Crippen LogP contribution in [0, 0.1) is 5.92 Å². The van der Waals surface area contributed by atoms with Crippen LogP contribution in [0.2, 0.25) is 0 Å². The molecule has 15 heavy (non-hydrogen) atoms. The second-order valence-corrected chi connectivity index (χ2v) is 4.97. The van der Waals surface area contributed by atoms with E-state index in [1.54, 1.807) is 0 Å². The summed E-state index contributed by atoms with van der Waals surface area (Å²) in [5.41, 5.74) is 0.108. The van der Waals surface area contributed by atoms with E-state index < -0.39 is 0 Å². The zero-order valence-corrected chi connectivity index (χ0v) is 10.8. The Labute approximate surface area is 94.8 Å². The van der Waals surface area contributed by atoms with Crippen molar-refractivity contribution < 1.29 is 4.74 Å². The Kier molecular flexibility index (Phi) is 5.07. The number of ether oxygens (including phenoxy) is 1. The van der Waals surface area contributed by atoms with Gasteiger partial charge in [0.2, 0.25) is 0 Å². The monoisotopic (exact) mass is 213 g/mol. The molecule has 0 aromatic carbocycles. The molecule has 1 aliphatic carbocycles. The average molecular weight is 213 g/mol. The second kappa shape index (κ2) is 5.86. The summed E-state index contributed by atoms with van der Waals surface area (Å²) in [5, 5.41) is 3.58. The third-order valence-electron chi connectivity index (χ3n) is 4.02. The lowest BCUT2D eigenvalue weighted by molar-refractivity contribution is -0.0751. The highest BCUT2D eigenvalue weighted by molar-refractivity contribution is 4.95. The van der Waals surface area contributed by atoms with Gasteiger partial charge in [-0.15, -0.1) is 0 Å². The van der Waals surface area contributed by atoms with Crippen LogP contribution in [0.15, 0.2) is 0 Å². The molecule has 0 amide bonds. The third kappa shape index (κ3) is 2.94. The van der Waals surface area contributed by atoms with E-state index in [2.05, 4.69) is 26.1 Å². The molecule has 2 heteroatoms. The average Bonchev–Trinajstić information content (AvgIpc) is 2.28. The van der Waals surface area contributed by atoms with Crippen molar-refractivity contribution in [2.45, 2.75) is 64.5 Å². The normalized spacial score (nSPS) is 34.0. The molecule has 0 aromatic rings. The van der Waals surface area contributed by atoms with Gasteiger partial charge in [-0.1, -0.05) is 20.8 Å². The summed E-state index contributed by atoms with van der Waals surface area (Å²) < 4.78 is 5.87. The minimum Gasteiger partial charge on any atom is -0.377 e. The van der Waals surface area contributed by atoms with Crippen LogP contribution in [0.3, 0.4) is 0 Å². The first-order valence-electron chi connectivity index (χ1n) is 6.47. The quantitative estimate of drug-likeness (QED) is 0.758. The van der Waals surface area contributed by atoms with Gasteiger partial charge in [-0.25, -0.2) is 0 Å². The molecule has 0 heterocycles. The lowest BCUT2D eigenvalue weighted by Gasteiger charge is -2.44. The molecule has 2 nitrogen and oxygen atoms in total. The highest BCUT2D eigenvalue weighted by Gasteiger charge is 2.40. The van der Waals surface area contributed by atoms with Crippen molar-refractivity contribution in [3.05, 3.63) is 0 Å². The maximum Gasteiger partial charge on any atom is 0.0831 e. The topological polar surface area (TPSA) is 21.3 Å². The Morgan fingerprint density at radius 1 is 1.33 bits per heavy atom. The molecule has 90 valence electrons. The summed E-state index contributed by atoms with van der Waals surface area (Å²) in [7, 11) is 1.88. The van der Waals surface area contributed by atoms with Crippen molar-refractivity contribution in [3.8, 4) is 0 Å². The van der Waals surface area contributed by atoms with Crippen molar-refractivity contribution >= 4 is 0 Å². The SMILES string of the molecule is CCNC(CC)C1(OC)CCC(C)CC1. The molecule has 1 atom stereocenters. The minimum atomic E-state index is 0.108. The van der Waals surface area contributed by atoms with Gasteiger partial charge in [0.1, 0.15) is 0 Å². The van der Waals surface area contributed by atoms with Crippen LogP contribution in [0.5, 0.6) is 0 Å². The zero-order valence-electron chi connectivity index (χ0n) is 10.8. The zero-order chi connectivity index (χ0) is 11.3. The smallest absolute Gasteiger partial charge is 0.0831 e. The van der Waals surface area contributed by atoms with Crippen molar-refractivity contribution in [2.24, 2.45) is 5.92 Å². The summed E-state index contributed by atoms with van der Waals surface area (Å²) in [6.45, 7) is 7.83. The van der Waals surface area contributed by atoms with Crippen LogP contribution < -0.4 is 5.32 Å². The second-order valence-electron chi connectivity index (χ2n) is 4.97. The van der Waals surface area contributed by atoms with Gasteiger partial charge < -0.3 is 10.1 Å². The van der Waals surface area contributed by atoms with Crippen LogP contribution in [-0.4, -0.2) is 25.3 Å². The molecular formula is C13H27NO. The third-order valence-corrected chi connectivity index (χ3v) is 4.02. The van der Waals surface area contributed by atoms with E-state index in [0.717, 1.165) is 18.9 Å². The Morgan fingerprint density at radius 2 is 1.93 bits per heavy atom. The Morgan fingerprint density at radius 3 is 2.33 bits per heavy atom. The molecule has 1 saturated carbocycles. The molecule has 0 bridgehead atoms. The molecule has 1 unspecified atom stereocenters. The highest BCUT2D eigenvalue weighted by atomic mass is 16.5. The van der Waals surface area contributed by atoms with Crippen molar-refractivity contribution in [1.29, 1.82) is 0 Å². The summed E-state index contributed by atoms with van der Waals surface area (Å²) >= 11 is 0. The van der Waals surface area contributed by atoms with Gasteiger partial charge in [-0.05, 0) is 44.6 Å². The lowest BCUT2D eigenvalue weighted by atomic mass is 9.74. The summed E-state index contributed by atoms with van der Waals surface area (Å²) in [6.07, 6.45) is 6.23. The van der Waals surface area contributed by atoms with E-state index >= 15 is 0 Å². The van der Waals surface area contributed by atoms with Gasteiger partial charge >= 0.3 is 0 Å². The molecule has 1 fully saturated rings. The van der Waals surface area contributed by atoms with Crippen LogP contribution in [-0.2, 0) is 4.74 Å². The molecular weight excluding hydrogens is 186 g/mol. The molecule has 0 radical (unpaired) electrons. The van der Waals surface area contributed by atoms with E-state index in [1.165, 1.54) is 25.7 Å². The lowest BCUT2D eigenvalue weighted by Crippen LogP contribution is -2.53. The summed E-state index contributed by atoms with van der Waals surface area (Å²) in [4.78, 5) is 0. The first-order chi connectivity index (χ1) is 7.18. The van der Waals surface area contributed by atoms with E-state index in [0.29, 0.717) is 6.04 Å². The summed E-state index contributed by atoms with van der Waals surface area (Å²) in [6, 6.07) is 0.528. The number of hydrogen-bond donors (Lipinski definition) is 1. The van der Waals surface area contributed by atoms with Gasteiger partial charge in [0.25, 0.3) is 0 Å². The Hall–Kier alpha value is -0.0800. The largest absolute Gasteiger partial charge is 0.377 e. The number of rotatable bonds is 5.